The third-order valence-electron chi connectivity index (χ3n) is 3.03. The van der Waals surface area contributed by atoms with Gasteiger partial charge in [0.25, 0.3) is 0 Å². The monoisotopic (exact) mass is 257 g/mol. The second-order valence-electron chi connectivity index (χ2n) is 4.24. The molecule has 0 saturated heterocycles. The molecule has 1 N–H and O–H groups in total. The molecule has 0 fully saturated rings. The summed E-state index contributed by atoms with van der Waals surface area (Å²) in [5.41, 5.74) is 1.93. The van der Waals surface area contributed by atoms with E-state index in [-0.39, 0.29) is 6.79 Å². The minimum absolute atomic E-state index is 0.274. The summed E-state index contributed by atoms with van der Waals surface area (Å²) in [6.45, 7) is 2.35. The molecule has 0 amide bonds. The summed E-state index contributed by atoms with van der Waals surface area (Å²) >= 11 is 0. The zero-order valence-corrected chi connectivity index (χ0v) is 10.9. The summed E-state index contributed by atoms with van der Waals surface area (Å²) in [5, 5.41) is 3.06. The highest BCUT2D eigenvalue weighted by Gasteiger charge is 2.15. The van der Waals surface area contributed by atoms with Crippen molar-refractivity contribution in [1.82, 2.24) is 9.97 Å². The van der Waals surface area contributed by atoms with Gasteiger partial charge < -0.3 is 14.8 Å². The van der Waals surface area contributed by atoms with E-state index in [1.807, 2.05) is 31.3 Å². The lowest BCUT2D eigenvalue weighted by molar-refractivity contribution is 0.174. The predicted molar refractivity (Wildman–Crippen MR) is 72.5 cm³/mol. The molecule has 0 spiro atoms. The molecule has 1 aliphatic rings. The van der Waals surface area contributed by atoms with E-state index >= 15 is 0 Å². The summed E-state index contributed by atoms with van der Waals surface area (Å²) in [4.78, 5) is 9.03. The van der Waals surface area contributed by atoms with Gasteiger partial charge in [-0.15, -0.1) is 0 Å². The van der Waals surface area contributed by atoms with Gasteiger partial charge in [0, 0.05) is 24.4 Å². The van der Waals surface area contributed by atoms with Crippen LogP contribution < -0.4 is 14.8 Å². The third-order valence-corrected chi connectivity index (χ3v) is 3.03. The molecule has 2 heterocycles. The molecule has 3 rings (SSSR count). The van der Waals surface area contributed by atoms with Crippen LogP contribution in [0.1, 0.15) is 12.6 Å². The highest BCUT2D eigenvalue weighted by atomic mass is 16.7. The van der Waals surface area contributed by atoms with Gasteiger partial charge in [-0.25, -0.2) is 9.97 Å². The molecular weight excluding hydrogens is 242 g/mol. The van der Waals surface area contributed by atoms with Gasteiger partial charge in [-0.2, -0.15) is 0 Å². The van der Waals surface area contributed by atoms with Gasteiger partial charge >= 0.3 is 0 Å². The fourth-order valence-electron chi connectivity index (χ4n) is 1.97. The van der Waals surface area contributed by atoms with Crippen LogP contribution in [0, 0.1) is 0 Å². The standard InChI is InChI=1S/C14H15N3O2/c1-3-10-7-13(15-2)17-14(16-10)9-4-5-11-12(6-9)19-8-18-11/h4-7H,3,8H2,1-2H3,(H,15,16,17). The van der Waals surface area contributed by atoms with Crippen molar-refractivity contribution < 1.29 is 9.47 Å². The Hall–Kier alpha value is -2.30. The summed E-state index contributed by atoms with van der Waals surface area (Å²) in [6, 6.07) is 7.70. The van der Waals surface area contributed by atoms with Crippen molar-refractivity contribution in [2.75, 3.05) is 19.2 Å². The van der Waals surface area contributed by atoms with Crippen LogP contribution in [-0.2, 0) is 6.42 Å². The number of aromatic nitrogens is 2. The van der Waals surface area contributed by atoms with Gasteiger partial charge in [0.05, 0.1) is 0 Å². The van der Waals surface area contributed by atoms with Crippen LogP contribution in [0.2, 0.25) is 0 Å². The topological polar surface area (TPSA) is 56.3 Å². The number of hydrogen-bond acceptors (Lipinski definition) is 5. The van der Waals surface area contributed by atoms with Crippen LogP contribution >= 0.6 is 0 Å². The van der Waals surface area contributed by atoms with E-state index in [0.717, 1.165) is 35.0 Å². The molecule has 0 saturated carbocycles. The lowest BCUT2D eigenvalue weighted by Crippen LogP contribution is -2.00. The van der Waals surface area contributed by atoms with Crippen molar-refractivity contribution in [3.63, 3.8) is 0 Å². The van der Waals surface area contributed by atoms with Gasteiger partial charge in [-0.3, -0.25) is 0 Å². The Bertz CT molecular complexity index is 591. The first-order valence-electron chi connectivity index (χ1n) is 6.26. The van der Waals surface area contributed by atoms with E-state index in [1.54, 1.807) is 0 Å². The number of benzene rings is 1. The number of ether oxygens (including phenoxy) is 2. The van der Waals surface area contributed by atoms with Crippen molar-refractivity contribution in [1.29, 1.82) is 0 Å². The molecule has 1 aromatic carbocycles. The first kappa shape index (κ1) is 11.8. The SMILES string of the molecule is CCc1cc(NC)nc(-c2ccc3c(c2)OCO3)n1. The van der Waals surface area contributed by atoms with Crippen molar-refractivity contribution in [3.8, 4) is 22.9 Å². The van der Waals surface area contributed by atoms with Crippen LogP contribution in [-0.4, -0.2) is 23.8 Å². The molecule has 0 bridgehead atoms. The highest BCUT2D eigenvalue weighted by Crippen LogP contribution is 2.35. The largest absolute Gasteiger partial charge is 0.454 e. The van der Waals surface area contributed by atoms with Crippen LogP contribution in [0.4, 0.5) is 5.82 Å². The summed E-state index contributed by atoms with van der Waals surface area (Å²) in [7, 11) is 1.85. The molecule has 0 atom stereocenters. The Morgan fingerprint density at radius 1 is 1.16 bits per heavy atom. The number of hydrogen-bond donors (Lipinski definition) is 1. The van der Waals surface area contributed by atoms with E-state index in [0.29, 0.717) is 5.82 Å². The zero-order chi connectivity index (χ0) is 13.2. The maximum atomic E-state index is 5.38. The highest BCUT2D eigenvalue weighted by molar-refractivity contribution is 5.63. The minimum Gasteiger partial charge on any atom is -0.454 e. The maximum Gasteiger partial charge on any atom is 0.231 e. The molecule has 1 aromatic heterocycles. The van der Waals surface area contributed by atoms with E-state index < -0.39 is 0 Å². The zero-order valence-electron chi connectivity index (χ0n) is 10.9. The van der Waals surface area contributed by atoms with Crippen LogP contribution in [0.5, 0.6) is 11.5 Å². The molecule has 1 aliphatic heterocycles. The number of aryl methyl sites for hydroxylation is 1. The van der Waals surface area contributed by atoms with Gasteiger partial charge in [-0.05, 0) is 24.6 Å². The quantitative estimate of drug-likeness (QED) is 0.915. The van der Waals surface area contributed by atoms with Crippen LogP contribution in [0.3, 0.4) is 0 Å². The number of anilines is 1. The maximum absolute atomic E-state index is 5.38. The van der Waals surface area contributed by atoms with E-state index in [4.69, 9.17) is 9.47 Å². The number of nitrogens with one attached hydrogen (secondary N) is 1. The lowest BCUT2D eigenvalue weighted by Gasteiger charge is -2.07. The smallest absolute Gasteiger partial charge is 0.231 e. The molecular formula is C14H15N3O2. The average Bonchev–Trinajstić information content (AvgIpc) is 2.94. The second kappa shape index (κ2) is 4.76. The number of nitrogens with zero attached hydrogens (tertiary/aromatic N) is 2. The predicted octanol–water partition coefficient (Wildman–Crippen LogP) is 2.48. The van der Waals surface area contributed by atoms with E-state index in [1.165, 1.54) is 0 Å². The van der Waals surface area contributed by atoms with Crippen LogP contribution in [0.25, 0.3) is 11.4 Å². The Balaban J connectivity index is 2.05. The third kappa shape index (κ3) is 2.19. The molecule has 98 valence electrons. The second-order valence-corrected chi connectivity index (χ2v) is 4.24. The molecule has 0 aliphatic carbocycles. The summed E-state index contributed by atoms with van der Waals surface area (Å²) in [5.74, 6) is 3.03. The molecule has 2 aromatic rings. The summed E-state index contributed by atoms with van der Waals surface area (Å²) in [6.07, 6.45) is 0.870. The Labute approximate surface area is 111 Å². The van der Waals surface area contributed by atoms with Crippen molar-refractivity contribution >= 4 is 5.82 Å². The fourth-order valence-corrected chi connectivity index (χ4v) is 1.97. The number of fused-ring (bicyclic) bond motifs is 1. The molecule has 0 unspecified atom stereocenters. The first-order chi connectivity index (χ1) is 9.30. The Morgan fingerprint density at radius 2 is 2.00 bits per heavy atom. The average molecular weight is 257 g/mol. The summed E-state index contributed by atoms with van der Waals surface area (Å²) < 4.78 is 10.7. The van der Waals surface area contributed by atoms with Gasteiger partial charge in [0.2, 0.25) is 6.79 Å². The van der Waals surface area contributed by atoms with Gasteiger partial charge in [-0.1, -0.05) is 6.92 Å². The van der Waals surface area contributed by atoms with Gasteiger partial charge in [0.15, 0.2) is 17.3 Å². The molecule has 19 heavy (non-hydrogen) atoms. The molecule has 0 radical (unpaired) electrons. The van der Waals surface area contributed by atoms with Crippen LogP contribution in [0.15, 0.2) is 24.3 Å². The fraction of sp³-hybridized carbons (Fsp3) is 0.286. The minimum atomic E-state index is 0.274. The normalized spacial score (nSPS) is 12.5. The molecule has 5 nitrogen and oxygen atoms in total. The Morgan fingerprint density at radius 3 is 2.79 bits per heavy atom. The molecule has 5 heteroatoms. The Kier molecular flexibility index (Phi) is 2.95. The van der Waals surface area contributed by atoms with E-state index in [9.17, 15) is 0 Å². The first-order valence-corrected chi connectivity index (χ1v) is 6.26. The number of rotatable bonds is 3. The lowest BCUT2D eigenvalue weighted by atomic mass is 10.2. The van der Waals surface area contributed by atoms with Crippen molar-refractivity contribution in [2.24, 2.45) is 0 Å². The van der Waals surface area contributed by atoms with Crippen molar-refractivity contribution in [2.45, 2.75) is 13.3 Å². The van der Waals surface area contributed by atoms with Gasteiger partial charge in [0.1, 0.15) is 5.82 Å². The van der Waals surface area contributed by atoms with Crippen molar-refractivity contribution in [3.05, 3.63) is 30.0 Å². The van der Waals surface area contributed by atoms with E-state index in [2.05, 4.69) is 22.2 Å².